The average molecular weight is 214 g/mol. The fourth-order valence-electron chi connectivity index (χ4n) is 1.42. The van der Waals surface area contributed by atoms with Crippen molar-refractivity contribution in [3.63, 3.8) is 0 Å². The van der Waals surface area contributed by atoms with E-state index in [4.69, 9.17) is 9.47 Å². The van der Waals surface area contributed by atoms with E-state index < -0.39 is 0 Å². The van der Waals surface area contributed by atoms with Gasteiger partial charge in [0, 0.05) is 6.61 Å². The first kappa shape index (κ1) is 14.2. The molecule has 88 valence electrons. The van der Waals surface area contributed by atoms with Crippen LogP contribution in [-0.4, -0.2) is 26.3 Å². The SMILES string of the molecule is CCOCC(C(=O)OC)=C(C)CC(C)C. The van der Waals surface area contributed by atoms with Crippen LogP contribution in [0.25, 0.3) is 0 Å². The molecule has 0 aromatic carbocycles. The molecule has 0 saturated carbocycles. The fourth-order valence-corrected chi connectivity index (χ4v) is 1.42. The number of allylic oxidation sites excluding steroid dienone is 1. The summed E-state index contributed by atoms with van der Waals surface area (Å²) in [6.45, 7) is 9.08. The molecule has 0 heterocycles. The highest BCUT2D eigenvalue weighted by Crippen LogP contribution is 2.16. The molecule has 3 heteroatoms. The molecule has 0 aromatic heterocycles. The van der Waals surface area contributed by atoms with Crippen molar-refractivity contribution in [3.8, 4) is 0 Å². The summed E-state index contributed by atoms with van der Waals surface area (Å²) in [5.41, 5.74) is 1.72. The van der Waals surface area contributed by atoms with Gasteiger partial charge in [0.2, 0.25) is 0 Å². The number of carbonyl (C=O) groups excluding carboxylic acids is 1. The van der Waals surface area contributed by atoms with E-state index in [0.717, 1.165) is 12.0 Å². The van der Waals surface area contributed by atoms with Gasteiger partial charge in [0.25, 0.3) is 0 Å². The van der Waals surface area contributed by atoms with Gasteiger partial charge in [0.15, 0.2) is 0 Å². The number of hydrogen-bond acceptors (Lipinski definition) is 3. The van der Waals surface area contributed by atoms with Crippen molar-refractivity contribution in [2.45, 2.75) is 34.1 Å². The Morgan fingerprint density at radius 2 is 1.93 bits per heavy atom. The zero-order valence-electron chi connectivity index (χ0n) is 10.4. The molecule has 0 amide bonds. The van der Waals surface area contributed by atoms with Gasteiger partial charge in [0.05, 0.1) is 19.3 Å². The number of ether oxygens (including phenoxy) is 2. The number of carbonyl (C=O) groups is 1. The van der Waals surface area contributed by atoms with E-state index in [1.54, 1.807) is 0 Å². The lowest BCUT2D eigenvalue weighted by molar-refractivity contribution is -0.136. The van der Waals surface area contributed by atoms with Gasteiger partial charge in [-0.1, -0.05) is 19.4 Å². The Labute approximate surface area is 92.5 Å². The van der Waals surface area contributed by atoms with Crippen molar-refractivity contribution >= 4 is 5.97 Å². The molecule has 0 atom stereocenters. The summed E-state index contributed by atoms with van der Waals surface area (Å²) in [6, 6.07) is 0. The minimum absolute atomic E-state index is 0.276. The Morgan fingerprint density at radius 3 is 2.33 bits per heavy atom. The van der Waals surface area contributed by atoms with Crippen molar-refractivity contribution < 1.29 is 14.3 Å². The first-order chi connectivity index (χ1) is 7.02. The topological polar surface area (TPSA) is 35.5 Å². The van der Waals surface area contributed by atoms with Gasteiger partial charge in [-0.05, 0) is 26.2 Å². The minimum atomic E-state index is -0.276. The first-order valence-electron chi connectivity index (χ1n) is 5.37. The summed E-state index contributed by atoms with van der Waals surface area (Å²) in [6.07, 6.45) is 0.900. The molecule has 0 aromatic rings. The van der Waals surface area contributed by atoms with Crippen molar-refractivity contribution in [1.29, 1.82) is 0 Å². The van der Waals surface area contributed by atoms with E-state index in [-0.39, 0.29) is 5.97 Å². The van der Waals surface area contributed by atoms with Gasteiger partial charge in [-0.15, -0.1) is 0 Å². The number of hydrogen-bond donors (Lipinski definition) is 0. The minimum Gasteiger partial charge on any atom is -0.466 e. The third-order valence-electron chi connectivity index (χ3n) is 2.11. The van der Waals surface area contributed by atoms with Crippen LogP contribution in [0.3, 0.4) is 0 Å². The molecule has 0 radical (unpaired) electrons. The van der Waals surface area contributed by atoms with Crippen molar-refractivity contribution in [2.24, 2.45) is 5.92 Å². The third-order valence-corrected chi connectivity index (χ3v) is 2.11. The van der Waals surface area contributed by atoms with Crippen LogP contribution in [0.5, 0.6) is 0 Å². The largest absolute Gasteiger partial charge is 0.466 e. The maximum atomic E-state index is 11.5. The van der Waals surface area contributed by atoms with Crippen LogP contribution < -0.4 is 0 Å². The van der Waals surface area contributed by atoms with Crippen molar-refractivity contribution in [3.05, 3.63) is 11.1 Å². The molecule has 0 saturated heterocycles. The number of rotatable bonds is 6. The summed E-state index contributed by atoms with van der Waals surface area (Å²) >= 11 is 0. The normalized spacial score (nSPS) is 12.7. The smallest absolute Gasteiger partial charge is 0.336 e. The highest BCUT2D eigenvalue weighted by atomic mass is 16.5. The van der Waals surface area contributed by atoms with Crippen LogP contribution in [0.15, 0.2) is 11.1 Å². The molecule has 0 spiro atoms. The summed E-state index contributed by atoms with van der Waals surface area (Å²) < 4.78 is 10.00. The summed E-state index contributed by atoms with van der Waals surface area (Å²) in [5.74, 6) is 0.257. The lowest BCUT2D eigenvalue weighted by Gasteiger charge is -2.12. The van der Waals surface area contributed by atoms with Crippen molar-refractivity contribution in [1.82, 2.24) is 0 Å². The number of methoxy groups -OCH3 is 1. The molecule has 0 unspecified atom stereocenters. The maximum Gasteiger partial charge on any atom is 0.336 e. The Hall–Kier alpha value is -0.830. The zero-order valence-corrected chi connectivity index (χ0v) is 10.4. The summed E-state index contributed by atoms with van der Waals surface area (Å²) in [5, 5.41) is 0. The summed E-state index contributed by atoms with van der Waals surface area (Å²) in [7, 11) is 1.40. The second-order valence-electron chi connectivity index (χ2n) is 3.99. The molecule has 0 aliphatic carbocycles. The van der Waals surface area contributed by atoms with Crippen LogP contribution in [0.4, 0.5) is 0 Å². The molecular formula is C12H22O3. The molecule has 0 N–H and O–H groups in total. The fraction of sp³-hybridized carbons (Fsp3) is 0.750. The van der Waals surface area contributed by atoms with Gasteiger partial charge in [-0.2, -0.15) is 0 Å². The van der Waals surface area contributed by atoms with Gasteiger partial charge in [0.1, 0.15) is 0 Å². The molecule has 0 aliphatic heterocycles. The van der Waals surface area contributed by atoms with Crippen LogP contribution in [0.2, 0.25) is 0 Å². The average Bonchev–Trinajstić information content (AvgIpc) is 2.16. The Morgan fingerprint density at radius 1 is 1.33 bits per heavy atom. The second-order valence-corrected chi connectivity index (χ2v) is 3.99. The van der Waals surface area contributed by atoms with E-state index in [0.29, 0.717) is 24.7 Å². The second kappa shape index (κ2) is 7.46. The molecule has 3 nitrogen and oxygen atoms in total. The highest BCUT2D eigenvalue weighted by Gasteiger charge is 2.14. The Kier molecular flexibility index (Phi) is 7.05. The summed E-state index contributed by atoms with van der Waals surface area (Å²) in [4.78, 5) is 11.5. The van der Waals surface area contributed by atoms with Crippen LogP contribution in [0.1, 0.15) is 34.1 Å². The Bertz CT molecular complexity index is 229. The van der Waals surface area contributed by atoms with Gasteiger partial charge in [-0.3, -0.25) is 0 Å². The van der Waals surface area contributed by atoms with Gasteiger partial charge >= 0.3 is 5.97 Å². The molecule has 0 bridgehead atoms. The van der Waals surface area contributed by atoms with E-state index in [1.165, 1.54) is 7.11 Å². The monoisotopic (exact) mass is 214 g/mol. The van der Waals surface area contributed by atoms with Crippen LogP contribution in [0, 0.1) is 5.92 Å². The third kappa shape index (κ3) is 5.57. The van der Waals surface area contributed by atoms with Gasteiger partial charge < -0.3 is 9.47 Å². The van der Waals surface area contributed by atoms with Crippen molar-refractivity contribution in [2.75, 3.05) is 20.3 Å². The maximum absolute atomic E-state index is 11.5. The van der Waals surface area contributed by atoms with E-state index in [9.17, 15) is 4.79 Å². The lowest BCUT2D eigenvalue weighted by atomic mass is 10.00. The molecule has 0 fully saturated rings. The highest BCUT2D eigenvalue weighted by molar-refractivity contribution is 5.89. The van der Waals surface area contributed by atoms with E-state index in [2.05, 4.69) is 13.8 Å². The Balaban J connectivity index is 4.64. The molecule has 15 heavy (non-hydrogen) atoms. The first-order valence-corrected chi connectivity index (χ1v) is 5.37. The standard InChI is InChI=1S/C12H22O3/c1-6-15-8-11(12(13)14-5)10(4)7-9(2)3/h9H,6-8H2,1-5H3. The van der Waals surface area contributed by atoms with E-state index in [1.807, 2.05) is 13.8 Å². The lowest BCUT2D eigenvalue weighted by Crippen LogP contribution is -2.13. The predicted molar refractivity (Wildman–Crippen MR) is 60.7 cm³/mol. The quantitative estimate of drug-likeness (QED) is 0.503. The van der Waals surface area contributed by atoms with Crippen LogP contribution >= 0.6 is 0 Å². The van der Waals surface area contributed by atoms with Gasteiger partial charge in [-0.25, -0.2) is 4.79 Å². The zero-order chi connectivity index (χ0) is 11.8. The predicted octanol–water partition coefficient (Wildman–Crippen LogP) is 2.56. The number of esters is 1. The molecular weight excluding hydrogens is 192 g/mol. The van der Waals surface area contributed by atoms with Crippen LogP contribution in [-0.2, 0) is 14.3 Å². The van der Waals surface area contributed by atoms with E-state index >= 15 is 0 Å². The molecule has 0 aliphatic rings. The molecule has 0 rings (SSSR count).